The maximum Gasteiger partial charge on any atom is 0.185 e. The summed E-state index contributed by atoms with van der Waals surface area (Å²) in [6.45, 7) is 4.65. The summed E-state index contributed by atoms with van der Waals surface area (Å²) in [6, 6.07) is -0.374. The summed E-state index contributed by atoms with van der Waals surface area (Å²) in [5.41, 5.74) is 16.3. The molecule has 6 N–H and O–H groups in total. The van der Waals surface area contributed by atoms with E-state index in [0.717, 1.165) is 25.7 Å². The lowest BCUT2D eigenvalue weighted by Gasteiger charge is -2.17. The summed E-state index contributed by atoms with van der Waals surface area (Å²) in [5.74, 6) is 0.374. The van der Waals surface area contributed by atoms with E-state index in [-0.39, 0.29) is 23.7 Å². The van der Waals surface area contributed by atoms with Gasteiger partial charge in [0.1, 0.15) is 0 Å². The van der Waals surface area contributed by atoms with Gasteiger partial charge in [0.05, 0.1) is 6.04 Å². The number of hydrogen-bond donors (Lipinski definition) is 3. The Morgan fingerprint density at radius 2 is 1.88 bits per heavy atom. The number of hydrogen-bond acceptors (Lipinski definition) is 3. The van der Waals surface area contributed by atoms with Crippen molar-refractivity contribution in [3.05, 3.63) is 0 Å². The molecule has 0 bridgehead atoms. The topological polar surface area (TPSA) is 107 Å². The van der Waals surface area contributed by atoms with Crippen LogP contribution >= 0.6 is 0 Å². The molecule has 0 radical (unpaired) electrons. The number of Topliss-reactive ketones (excluding diaryl/α,β-unsaturated/α-hetero) is 1. The number of carbonyl (C=O) groups excluding carboxylic acids is 1. The highest BCUT2D eigenvalue weighted by molar-refractivity contribution is 5.86. The molecule has 0 aliphatic rings. The molecule has 2 atom stereocenters. The molecule has 100 valence electrons. The maximum atomic E-state index is 12.0. The number of ketones is 1. The van der Waals surface area contributed by atoms with Gasteiger partial charge < -0.3 is 17.2 Å². The molecule has 0 spiro atoms. The first-order chi connectivity index (χ1) is 8.02. The molecule has 0 aromatic carbocycles. The van der Waals surface area contributed by atoms with Crippen LogP contribution in [0.5, 0.6) is 0 Å². The van der Waals surface area contributed by atoms with Crippen molar-refractivity contribution in [3.63, 3.8) is 0 Å². The number of carbonyl (C=O) groups is 1. The Bertz CT molecular complexity index is 249. The first-order valence-corrected chi connectivity index (χ1v) is 6.37. The smallest absolute Gasteiger partial charge is 0.185 e. The van der Waals surface area contributed by atoms with Gasteiger partial charge in [-0.3, -0.25) is 9.79 Å². The van der Waals surface area contributed by atoms with Gasteiger partial charge in [0.15, 0.2) is 11.7 Å². The van der Waals surface area contributed by atoms with E-state index in [1.54, 1.807) is 0 Å². The van der Waals surface area contributed by atoms with Crippen molar-refractivity contribution in [3.8, 4) is 0 Å². The average molecular weight is 242 g/mol. The van der Waals surface area contributed by atoms with E-state index in [4.69, 9.17) is 17.2 Å². The van der Waals surface area contributed by atoms with Gasteiger partial charge in [-0.2, -0.15) is 0 Å². The van der Waals surface area contributed by atoms with Gasteiger partial charge in [0.25, 0.3) is 0 Å². The standard InChI is InChI=1S/C12H26N4O/c1-3-6-9(4-2)11(17)10(13)7-5-8-16-12(14)15/h9-10H,3-8,13H2,1-2H3,(H4,14,15,16)/t9?,10-/m0/s1. The van der Waals surface area contributed by atoms with E-state index in [0.29, 0.717) is 13.0 Å². The van der Waals surface area contributed by atoms with Crippen LogP contribution in [-0.4, -0.2) is 24.3 Å². The fourth-order valence-corrected chi connectivity index (χ4v) is 1.86. The molecule has 0 aliphatic heterocycles. The molecule has 0 fully saturated rings. The van der Waals surface area contributed by atoms with Gasteiger partial charge in [-0.25, -0.2) is 0 Å². The van der Waals surface area contributed by atoms with Crippen molar-refractivity contribution in [2.24, 2.45) is 28.1 Å². The zero-order chi connectivity index (χ0) is 13.3. The molecule has 0 aromatic rings. The molecule has 17 heavy (non-hydrogen) atoms. The largest absolute Gasteiger partial charge is 0.370 e. The Balaban J connectivity index is 3.99. The Morgan fingerprint density at radius 1 is 1.24 bits per heavy atom. The van der Waals surface area contributed by atoms with Gasteiger partial charge in [-0.15, -0.1) is 0 Å². The van der Waals surface area contributed by atoms with Crippen LogP contribution in [0.3, 0.4) is 0 Å². The Morgan fingerprint density at radius 3 is 2.35 bits per heavy atom. The second kappa shape index (κ2) is 8.98. The molecule has 0 aliphatic carbocycles. The van der Waals surface area contributed by atoms with E-state index < -0.39 is 0 Å². The molecule has 0 rings (SSSR count). The lowest BCUT2D eigenvalue weighted by atomic mass is 9.90. The highest BCUT2D eigenvalue weighted by atomic mass is 16.1. The van der Waals surface area contributed by atoms with Crippen LogP contribution in [-0.2, 0) is 4.79 Å². The molecule has 0 saturated heterocycles. The van der Waals surface area contributed by atoms with Crippen LogP contribution < -0.4 is 17.2 Å². The first-order valence-electron chi connectivity index (χ1n) is 6.37. The number of rotatable bonds is 9. The number of aliphatic imine (C=N–C) groups is 1. The third kappa shape index (κ3) is 6.94. The van der Waals surface area contributed by atoms with Crippen LogP contribution in [0.25, 0.3) is 0 Å². The van der Waals surface area contributed by atoms with E-state index in [9.17, 15) is 4.79 Å². The maximum absolute atomic E-state index is 12.0. The highest BCUT2D eigenvalue weighted by Crippen LogP contribution is 2.15. The lowest BCUT2D eigenvalue weighted by Crippen LogP contribution is -2.35. The van der Waals surface area contributed by atoms with Crippen molar-refractivity contribution in [1.82, 2.24) is 0 Å². The minimum absolute atomic E-state index is 0.0855. The summed E-state index contributed by atoms with van der Waals surface area (Å²) in [5, 5.41) is 0. The van der Waals surface area contributed by atoms with E-state index in [2.05, 4.69) is 11.9 Å². The minimum Gasteiger partial charge on any atom is -0.370 e. The zero-order valence-corrected chi connectivity index (χ0v) is 11.0. The van der Waals surface area contributed by atoms with E-state index in [1.165, 1.54) is 0 Å². The molecule has 0 saturated carbocycles. The quantitative estimate of drug-likeness (QED) is 0.315. The van der Waals surface area contributed by atoms with Crippen LogP contribution in [0.4, 0.5) is 0 Å². The zero-order valence-electron chi connectivity index (χ0n) is 11.0. The van der Waals surface area contributed by atoms with Gasteiger partial charge in [-0.1, -0.05) is 20.3 Å². The molecule has 5 nitrogen and oxygen atoms in total. The summed E-state index contributed by atoms with van der Waals surface area (Å²) in [4.78, 5) is 15.8. The average Bonchev–Trinajstić information content (AvgIpc) is 2.30. The fraction of sp³-hybridized carbons (Fsp3) is 0.833. The van der Waals surface area contributed by atoms with Crippen molar-refractivity contribution >= 4 is 11.7 Å². The summed E-state index contributed by atoms with van der Waals surface area (Å²) in [6.07, 6.45) is 4.21. The van der Waals surface area contributed by atoms with Gasteiger partial charge >= 0.3 is 0 Å². The predicted molar refractivity (Wildman–Crippen MR) is 71.6 cm³/mol. The number of nitrogens with two attached hydrogens (primary N) is 3. The Labute approximate surface area is 104 Å². The van der Waals surface area contributed by atoms with Crippen molar-refractivity contribution in [1.29, 1.82) is 0 Å². The van der Waals surface area contributed by atoms with Crippen LogP contribution in [0.15, 0.2) is 4.99 Å². The predicted octanol–water partition coefficient (Wildman–Crippen LogP) is 0.763. The van der Waals surface area contributed by atoms with Crippen LogP contribution in [0.2, 0.25) is 0 Å². The second-order valence-corrected chi connectivity index (χ2v) is 4.35. The van der Waals surface area contributed by atoms with Crippen molar-refractivity contribution in [2.75, 3.05) is 6.54 Å². The van der Waals surface area contributed by atoms with E-state index in [1.807, 2.05) is 6.92 Å². The number of guanidine groups is 1. The third-order valence-electron chi connectivity index (χ3n) is 2.87. The second-order valence-electron chi connectivity index (χ2n) is 4.35. The van der Waals surface area contributed by atoms with Crippen molar-refractivity contribution < 1.29 is 4.79 Å². The van der Waals surface area contributed by atoms with Crippen LogP contribution in [0.1, 0.15) is 46.0 Å². The van der Waals surface area contributed by atoms with Crippen molar-refractivity contribution in [2.45, 2.75) is 52.0 Å². The monoisotopic (exact) mass is 242 g/mol. The molecular formula is C12H26N4O. The summed E-state index contributed by atoms with van der Waals surface area (Å²) in [7, 11) is 0. The first kappa shape index (κ1) is 15.9. The molecule has 1 unspecified atom stereocenters. The van der Waals surface area contributed by atoms with Crippen LogP contribution in [0, 0.1) is 5.92 Å². The number of nitrogens with zero attached hydrogens (tertiary/aromatic N) is 1. The normalized spacial score (nSPS) is 14.1. The summed E-state index contributed by atoms with van der Waals surface area (Å²) >= 11 is 0. The Hall–Kier alpha value is -1.10. The minimum atomic E-state index is -0.374. The molecule has 0 aromatic heterocycles. The highest BCUT2D eigenvalue weighted by Gasteiger charge is 2.21. The van der Waals surface area contributed by atoms with Gasteiger partial charge in [0, 0.05) is 12.5 Å². The van der Waals surface area contributed by atoms with Gasteiger partial charge in [0.2, 0.25) is 0 Å². The fourth-order valence-electron chi connectivity index (χ4n) is 1.86. The molecule has 0 amide bonds. The summed E-state index contributed by atoms with van der Waals surface area (Å²) < 4.78 is 0. The molecule has 5 heteroatoms. The third-order valence-corrected chi connectivity index (χ3v) is 2.87. The Kier molecular flexibility index (Phi) is 8.40. The van der Waals surface area contributed by atoms with E-state index >= 15 is 0 Å². The van der Waals surface area contributed by atoms with Gasteiger partial charge in [-0.05, 0) is 25.7 Å². The molecular weight excluding hydrogens is 216 g/mol. The SMILES string of the molecule is CCCC(CC)C(=O)[C@@H](N)CCCN=C(N)N. The molecule has 0 heterocycles. The lowest BCUT2D eigenvalue weighted by molar-refractivity contribution is -0.124.